The highest BCUT2D eigenvalue weighted by atomic mass is 32.1. The number of hydrogen-bond acceptors (Lipinski definition) is 5. The van der Waals surface area contributed by atoms with E-state index in [4.69, 9.17) is 0 Å². The zero-order valence-corrected chi connectivity index (χ0v) is 13.3. The van der Waals surface area contributed by atoms with Crippen LogP contribution < -0.4 is 10.9 Å². The molecule has 3 rings (SSSR count). The first kappa shape index (κ1) is 16.0. The summed E-state index contributed by atoms with van der Waals surface area (Å²) >= 11 is 1.46. The summed E-state index contributed by atoms with van der Waals surface area (Å²) in [5, 5.41) is 5.39. The molecule has 0 aliphatic rings. The number of nitrogens with zero attached hydrogens (tertiary/aromatic N) is 2. The first-order valence-electron chi connectivity index (χ1n) is 7.15. The Hall–Kier alpha value is -2.87. The Morgan fingerprint density at radius 3 is 2.83 bits per heavy atom. The van der Waals surface area contributed by atoms with Crippen LogP contribution in [0.2, 0.25) is 0 Å². The van der Waals surface area contributed by atoms with Crippen molar-refractivity contribution in [1.29, 1.82) is 0 Å². The Morgan fingerprint density at radius 2 is 2.08 bits per heavy atom. The third-order valence-corrected chi connectivity index (χ3v) is 4.16. The molecule has 122 valence electrons. The summed E-state index contributed by atoms with van der Waals surface area (Å²) in [6, 6.07) is 7.29. The number of halogens is 1. The van der Waals surface area contributed by atoms with Crippen LogP contribution >= 0.6 is 11.3 Å². The number of benzene rings is 1. The van der Waals surface area contributed by atoms with E-state index < -0.39 is 5.91 Å². The van der Waals surface area contributed by atoms with Gasteiger partial charge in [-0.25, -0.2) is 14.4 Å². The monoisotopic (exact) mass is 344 g/mol. The first-order chi connectivity index (χ1) is 11.6. The summed E-state index contributed by atoms with van der Waals surface area (Å²) in [7, 11) is 0. The Kier molecular flexibility index (Phi) is 4.76. The van der Waals surface area contributed by atoms with Gasteiger partial charge in [0.1, 0.15) is 16.5 Å². The molecule has 8 heteroatoms. The maximum absolute atomic E-state index is 12.9. The van der Waals surface area contributed by atoms with Crippen LogP contribution in [-0.4, -0.2) is 27.4 Å². The van der Waals surface area contributed by atoms with E-state index >= 15 is 0 Å². The second-order valence-electron chi connectivity index (χ2n) is 4.95. The van der Waals surface area contributed by atoms with Gasteiger partial charge in [-0.05, 0) is 24.3 Å². The van der Waals surface area contributed by atoms with Crippen molar-refractivity contribution < 1.29 is 9.18 Å². The van der Waals surface area contributed by atoms with Gasteiger partial charge in [-0.3, -0.25) is 9.59 Å². The molecule has 1 aromatic carbocycles. The summed E-state index contributed by atoms with van der Waals surface area (Å²) in [4.78, 5) is 33.6. The molecule has 0 fully saturated rings. The summed E-state index contributed by atoms with van der Waals surface area (Å²) < 4.78 is 12.9. The summed E-state index contributed by atoms with van der Waals surface area (Å²) in [5.74, 6) is -0.693. The normalized spacial score (nSPS) is 10.5. The van der Waals surface area contributed by atoms with Crippen LogP contribution in [0.4, 0.5) is 4.39 Å². The van der Waals surface area contributed by atoms with Gasteiger partial charge >= 0.3 is 0 Å². The molecule has 0 saturated carbocycles. The number of thiazole rings is 1. The predicted molar refractivity (Wildman–Crippen MR) is 88.4 cm³/mol. The average molecular weight is 344 g/mol. The van der Waals surface area contributed by atoms with Crippen LogP contribution in [0.5, 0.6) is 0 Å². The van der Waals surface area contributed by atoms with Crippen LogP contribution in [0.3, 0.4) is 0 Å². The molecule has 0 spiro atoms. The van der Waals surface area contributed by atoms with Gasteiger partial charge in [-0.15, -0.1) is 11.3 Å². The lowest BCUT2D eigenvalue weighted by Gasteiger charge is -2.02. The van der Waals surface area contributed by atoms with Gasteiger partial charge in [-0.1, -0.05) is 0 Å². The molecule has 0 saturated heterocycles. The lowest BCUT2D eigenvalue weighted by Crippen LogP contribution is -2.27. The van der Waals surface area contributed by atoms with E-state index in [1.54, 1.807) is 12.1 Å². The molecule has 0 aliphatic carbocycles. The van der Waals surface area contributed by atoms with Gasteiger partial charge in [0.2, 0.25) is 0 Å². The molecule has 0 radical (unpaired) electrons. The second-order valence-corrected chi connectivity index (χ2v) is 5.81. The standard InChI is InChI=1S/C16H13FN4O2S/c17-11-3-1-10(2-4-11)16-21-12(8-24-16)5-6-18-15(23)13-7-14(22)20-9-19-13/h1-4,7-9H,5-6H2,(H,18,23)(H,19,20,22). The van der Waals surface area contributed by atoms with Crippen molar-refractivity contribution >= 4 is 17.2 Å². The van der Waals surface area contributed by atoms with Crippen molar-refractivity contribution in [3.8, 4) is 10.6 Å². The summed E-state index contributed by atoms with van der Waals surface area (Å²) in [5.41, 5.74) is 1.38. The number of aromatic amines is 1. The van der Waals surface area contributed by atoms with Crippen LogP contribution in [0.15, 0.2) is 46.8 Å². The molecule has 0 aliphatic heterocycles. The summed E-state index contributed by atoms with van der Waals surface area (Å²) in [6.07, 6.45) is 1.74. The fourth-order valence-corrected chi connectivity index (χ4v) is 2.89. The Labute approximate surface area is 140 Å². The van der Waals surface area contributed by atoms with E-state index in [9.17, 15) is 14.0 Å². The number of hydrogen-bond donors (Lipinski definition) is 2. The number of rotatable bonds is 5. The van der Waals surface area contributed by atoms with Crippen molar-refractivity contribution in [1.82, 2.24) is 20.3 Å². The van der Waals surface area contributed by atoms with Crippen LogP contribution in [-0.2, 0) is 6.42 Å². The largest absolute Gasteiger partial charge is 0.350 e. The van der Waals surface area contributed by atoms with E-state index in [-0.39, 0.29) is 17.1 Å². The molecule has 2 N–H and O–H groups in total. The maximum atomic E-state index is 12.9. The molecule has 2 aromatic heterocycles. The Balaban J connectivity index is 1.57. The fourth-order valence-electron chi connectivity index (χ4n) is 2.03. The molecule has 0 atom stereocenters. The van der Waals surface area contributed by atoms with E-state index in [1.165, 1.54) is 29.8 Å². The molecule has 24 heavy (non-hydrogen) atoms. The number of carbonyl (C=O) groups excluding carboxylic acids is 1. The molecular weight excluding hydrogens is 331 g/mol. The average Bonchev–Trinajstić information content (AvgIpc) is 3.04. The van der Waals surface area contributed by atoms with Crippen molar-refractivity contribution in [2.24, 2.45) is 0 Å². The van der Waals surface area contributed by atoms with Gasteiger partial charge in [0.25, 0.3) is 11.5 Å². The molecule has 3 aromatic rings. The van der Waals surface area contributed by atoms with Crippen molar-refractivity contribution in [3.05, 3.63) is 69.6 Å². The van der Waals surface area contributed by atoms with Crippen LogP contribution in [0.25, 0.3) is 10.6 Å². The lowest BCUT2D eigenvalue weighted by molar-refractivity contribution is 0.0949. The highest BCUT2D eigenvalue weighted by molar-refractivity contribution is 7.13. The minimum atomic E-state index is -0.407. The van der Waals surface area contributed by atoms with Crippen molar-refractivity contribution in [3.63, 3.8) is 0 Å². The number of carbonyl (C=O) groups is 1. The number of aromatic nitrogens is 3. The van der Waals surface area contributed by atoms with Crippen LogP contribution in [0, 0.1) is 5.82 Å². The van der Waals surface area contributed by atoms with Gasteiger partial charge < -0.3 is 10.3 Å². The van der Waals surface area contributed by atoms with Gasteiger partial charge in [-0.2, -0.15) is 0 Å². The van der Waals surface area contributed by atoms with Crippen molar-refractivity contribution in [2.45, 2.75) is 6.42 Å². The van der Waals surface area contributed by atoms with Gasteiger partial charge in [0, 0.05) is 30.0 Å². The molecule has 0 unspecified atom stereocenters. The highest BCUT2D eigenvalue weighted by Gasteiger charge is 2.08. The molecule has 1 amide bonds. The number of amides is 1. The van der Waals surface area contributed by atoms with Crippen molar-refractivity contribution in [2.75, 3.05) is 6.54 Å². The Morgan fingerprint density at radius 1 is 1.29 bits per heavy atom. The fraction of sp³-hybridized carbons (Fsp3) is 0.125. The SMILES string of the molecule is O=C(NCCc1csc(-c2ccc(F)cc2)n1)c1cc(=O)[nH]cn1. The molecule has 2 heterocycles. The zero-order valence-electron chi connectivity index (χ0n) is 12.5. The topological polar surface area (TPSA) is 87.7 Å². The molecule has 6 nitrogen and oxygen atoms in total. The highest BCUT2D eigenvalue weighted by Crippen LogP contribution is 2.23. The lowest BCUT2D eigenvalue weighted by atomic mass is 10.2. The second kappa shape index (κ2) is 7.14. The van der Waals surface area contributed by atoms with E-state index in [1.807, 2.05) is 5.38 Å². The van der Waals surface area contributed by atoms with Gasteiger partial charge in [0.05, 0.1) is 12.0 Å². The summed E-state index contributed by atoms with van der Waals surface area (Å²) in [6.45, 7) is 0.375. The molecular formula is C16H13FN4O2S. The first-order valence-corrected chi connectivity index (χ1v) is 8.03. The number of nitrogens with one attached hydrogen (secondary N) is 2. The van der Waals surface area contributed by atoms with Gasteiger partial charge in [0.15, 0.2) is 0 Å². The van der Waals surface area contributed by atoms with E-state index in [0.717, 1.165) is 22.3 Å². The minimum Gasteiger partial charge on any atom is -0.350 e. The van der Waals surface area contributed by atoms with Crippen LogP contribution in [0.1, 0.15) is 16.2 Å². The predicted octanol–water partition coefficient (Wildman–Crippen LogP) is 2.00. The Bertz CT molecular complexity index is 905. The maximum Gasteiger partial charge on any atom is 0.270 e. The van der Waals surface area contributed by atoms with E-state index in [0.29, 0.717) is 13.0 Å². The minimum absolute atomic E-state index is 0.0732. The smallest absolute Gasteiger partial charge is 0.270 e. The third-order valence-electron chi connectivity index (χ3n) is 3.22. The quantitative estimate of drug-likeness (QED) is 0.741. The molecule has 0 bridgehead atoms. The zero-order chi connectivity index (χ0) is 16.9. The van der Waals surface area contributed by atoms with E-state index in [2.05, 4.69) is 20.3 Å². The third kappa shape index (κ3) is 3.90. The number of H-pyrrole nitrogens is 1.